The number of carbonyl (C=O) groups is 1. The van der Waals surface area contributed by atoms with Crippen molar-refractivity contribution in [2.75, 3.05) is 14.2 Å². The van der Waals surface area contributed by atoms with E-state index >= 15 is 0 Å². The molecule has 0 bridgehead atoms. The van der Waals surface area contributed by atoms with Crippen LogP contribution < -0.4 is 20.5 Å². The van der Waals surface area contributed by atoms with Gasteiger partial charge in [-0.3, -0.25) is 14.2 Å². The fraction of sp³-hybridized carbons (Fsp3) is 0.364. The summed E-state index contributed by atoms with van der Waals surface area (Å²) in [6.45, 7) is 2.07. The van der Waals surface area contributed by atoms with Crippen molar-refractivity contribution in [3.8, 4) is 11.5 Å². The second kappa shape index (κ2) is 8.89. The Hall–Kier alpha value is -3.20. The fourth-order valence-corrected chi connectivity index (χ4v) is 5.12. The van der Waals surface area contributed by atoms with Gasteiger partial charge in [0.25, 0.3) is 11.5 Å². The SMILES string of the molecule is COc1ccc(OC)c(C=NNC(=O)Cn2cnc3sc4c(c3c2=O)CCC(C)C4)c1. The van der Waals surface area contributed by atoms with Crippen LogP contribution in [0.5, 0.6) is 11.5 Å². The zero-order chi connectivity index (χ0) is 22.0. The van der Waals surface area contributed by atoms with Crippen LogP contribution in [-0.2, 0) is 24.2 Å². The van der Waals surface area contributed by atoms with Crippen molar-refractivity contribution >= 4 is 33.7 Å². The molecule has 1 aliphatic rings. The molecule has 1 N–H and O–H groups in total. The van der Waals surface area contributed by atoms with Crippen LogP contribution in [-0.4, -0.2) is 35.9 Å². The van der Waals surface area contributed by atoms with E-state index in [-0.39, 0.29) is 12.1 Å². The number of hydrogen-bond donors (Lipinski definition) is 1. The maximum absolute atomic E-state index is 13.0. The minimum atomic E-state index is -0.418. The number of carbonyl (C=O) groups excluding carboxylic acids is 1. The molecule has 1 unspecified atom stereocenters. The summed E-state index contributed by atoms with van der Waals surface area (Å²) in [6, 6.07) is 5.27. The predicted octanol–water partition coefficient (Wildman–Crippen LogP) is 2.75. The van der Waals surface area contributed by atoms with Crippen LogP contribution in [0.25, 0.3) is 10.2 Å². The predicted molar refractivity (Wildman–Crippen MR) is 120 cm³/mol. The highest BCUT2D eigenvalue weighted by molar-refractivity contribution is 7.18. The lowest BCUT2D eigenvalue weighted by Crippen LogP contribution is -2.30. The molecule has 2 aromatic heterocycles. The number of thiophene rings is 1. The monoisotopic (exact) mass is 440 g/mol. The van der Waals surface area contributed by atoms with Crippen molar-refractivity contribution in [3.05, 3.63) is 50.9 Å². The van der Waals surface area contributed by atoms with E-state index in [2.05, 4.69) is 22.4 Å². The Morgan fingerprint density at radius 3 is 3.00 bits per heavy atom. The van der Waals surface area contributed by atoms with Crippen LogP contribution in [0.4, 0.5) is 0 Å². The van der Waals surface area contributed by atoms with Crippen LogP contribution in [0.3, 0.4) is 0 Å². The standard InChI is InChI=1S/C22H24N4O4S/c1-13-4-6-16-18(8-13)31-21-20(16)22(28)26(12-23-21)11-19(27)25-24-10-14-9-15(29-2)5-7-17(14)30-3/h5,7,9-10,12-13H,4,6,8,11H2,1-3H3,(H,25,27). The molecule has 0 radical (unpaired) electrons. The second-order valence-electron chi connectivity index (χ2n) is 7.61. The van der Waals surface area contributed by atoms with Gasteiger partial charge in [0, 0.05) is 10.4 Å². The minimum absolute atomic E-state index is 0.157. The molecule has 9 heteroatoms. The van der Waals surface area contributed by atoms with Crippen LogP contribution in [0.1, 0.15) is 29.3 Å². The summed E-state index contributed by atoms with van der Waals surface area (Å²) >= 11 is 1.59. The molecule has 3 aromatic rings. The number of aryl methyl sites for hydroxylation is 1. The smallest absolute Gasteiger partial charge is 0.262 e. The van der Waals surface area contributed by atoms with E-state index in [9.17, 15) is 9.59 Å². The molecule has 0 aliphatic heterocycles. The number of hydrogen-bond acceptors (Lipinski definition) is 7. The van der Waals surface area contributed by atoms with E-state index in [0.29, 0.717) is 28.4 Å². The third-order valence-corrected chi connectivity index (χ3v) is 6.59. The molecule has 162 valence electrons. The van der Waals surface area contributed by atoms with E-state index < -0.39 is 5.91 Å². The number of rotatable bonds is 6. The Balaban J connectivity index is 1.50. The van der Waals surface area contributed by atoms with Crippen LogP contribution >= 0.6 is 11.3 Å². The Bertz CT molecular complexity index is 1210. The van der Waals surface area contributed by atoms with Crippen molar-refractivity contribution in [1.29, 1.82) is 0 Å². The van der Waals surface area contributed by atoms with Gasteiger partial charge in [-0.1, -0.05) is 6.92 Å². The van der Waals surface area contributed by atoms with Crippen molar-refractivity contribution in [2.24, 2.45) is 11.0 Å². The molecule has 1 aliphatic carbocycles. The molecule has 1 aromatic carbocycles. The van der Waals surface area contributed by atoms with Crippen molar-refractivity contribution in [3.63, 3.8) is 0 Å². The maximum atomic E-state index is 13.0. The van der Waals surface area contributed by atoms with Crippen LogP contribution in [0.2, 0.25) is 0 Å². The topological polar surface area (TPSA) is 94.8 Å². The average molecular weight is 441 g/mol. The normalized spacial score (nSPS) is 15.8. The first-order chi connectivity index (χ1) is 15.0. The molecule has 8 nitrogen and oxygen atoms in total. The number of ether oxygens (including phenoxy) is 2. The molecule has 0 spiro atoms. The van der Waals surface area contributed by atoms with Gasteiger partial charge in [0.05, 0.1) is 32.1 Å². The molecule has 4 rings (SSSR count). The summed E-state index contributed by atoms with van der Waals surface area (Å²) in [7, 11) is 3.12. The van der Waals surface area contributed by atoms with Gasteiger partial charge in [0.2, 0.25) is 0 Å². The number of benzene rings is 1. The van der Waals surface area contributed by atoms with Gasteiger partial charge >= 0.3 is 0 Å². The molecule has 1 amide bonds. The second-order valence-corrected chi connectivity index (χ2v) is 8.69. The van der Waals surface area contributed by atoms with Gasteiger partial charge in [-0.25, -0.2) is 10.4 Å². The average Bonchev–Trinajstić information content (AvgIpc) is 3.13. The number of methoxy groups -OCH3 is 2. The molecule has 0 saturated carbocycles. The third-order valence-electron chi connectivity index (χ3n) is 5.43. The quantitative estimate of drug-likeness (QED) is 0.470. The van der Waals surface area contributed by atoms with Gasteiger partial charge in [0.1, 0.15) is 22.9 Å². The first kappa shape index (κ1) is 21.0. The number of fused-ring (bicyclic) bond motifs is 3. The van der Waals surface area contributed by atoms with E-state index in [0.717, 1.165) is 29.7 Å². The summed E-state index contributed by atoms with van der Waals surface area (Å²) in [5.41, 5.74) is 4.04. The van der Waals surface area contributed by atoms with Crippen LogP contribution in [0.15, 0.2) is 34.4 Å². The molecule has 31 heavy (non-hydrogen) atoms. The third kappa shape index (κ3) is 4.32. The highest BCUT2D eigenvalue weighted by Gasteiger charge is 2.23. The Kier molecular flexibility index (Phi) is 6.03. The number of aromatic nitrogens is 2. The first-order valence-electron chi connectivity index (χ1n) is 10.0. The molecule has 0 saturated heterocycles. The maximum Gasteiger partial charge on any atom is 0.262 e. The summed E-state index contributed by atoms with van der Waals surface area (Å²) in [5, 5.41) is 4.65. The largest absolute Gasteiger partial charge is 0.497 e. The number of nitrogens with zero attached hydrogens (tertiary/aromatic N) is 3. The Morgan fingerprint density at radius 1 is 1.39 bits per heavy atom. The summed E-state index contributed by atoms with van der Waals surface area (Å²) in [6.07, 6.45) is 5.84. The molecular formula is C22H24N4O4S. The lowest BCUT2D eigenvalue weighted by atomic mass is 9.89. The van der Waals surface area contributed by atoms with Gasteiger partial charge < -0.3 is 9.47 Å². The van der Waals surface area contributed by atoms with Crippen molar-refractivity contribution in [1.82, 2.24) is 15.0 Å². The summed E-state index contributed by atoms with van der Waals surface area (Å²) in [4.78, 5) is 31.8. The van der Waals surface area contributed by atoms with E-state index in [1.807, 2.05) is 0 Å². The van der Waals surface area contributed by atoms with E-state index in [4.69, 9.17) is 9.47 Å². The van der Waals surface area contributed by atoms with Crippen molar-refractivity contribution < 1.29 is 14.3 Å². The molecular weight excluding hydrogens is 416 g/mol. The highest BCUT2D eigenvalue weighted by Crippen LogP contribution is 2.35. The Labute approximate surface area is 183 Å². The highest BCUT2D eigenvalue weighted by atomic mass is 32.1. The molecule has 2 heterocycles. The van der Waals surface area contributed by atoms with Crippen LogP contribution in [0, 0.1) is 5.92 Å². The van der Waals surface area contributed by atoms with Gasteiger partial charge in [-0.05, 0) is 48.9 Å². The number of hydrazone groups is 1. The number of nitrogens with one attached hydrogen (secondary N) is 1. The lowest BCUT2D eigenvalue weighted by molar-refractivity contribution is -0.121. The van der Waals surface area contributed by atoms with Gasteiger partial charge in [-0.2, -0.15) is 5.10 Å². The fourth-order valence-electron chi connectivity index (χ4n) is 3.78. The lowest BCUT2D eigenvalue weighted by Gasteiger charge is -2.17. The van der Waals surface area contributed by atoms with E-state index in [1.54, 1.807) is 43.8 Å². The molecule has 0 fully saturated rings. The summed E-state index contributed by atoms with van der Waals surface area (Å²) < 4.78 is 11.8. The van der Waals surface area contributed by atoms with Gasteiger partial charge in [-0.15, -0.1) is 11.3 Å². The Morgan fingerprint density at radius 2 is 2.23 bits per heavy atom. The zero-order valence-corrected chi connectivity index (χ0v) is 18.5. The zero-order valence-electron chi connectivity index (χ0n) is 17.7. The minimum Gasteiger partial charge on any atom is -0.497 e. The number of amides is 1. The molecule has 1 atom stereocenters. The van der Waals surface area contributed by atoms with Gasteiger partial charge in [0.15, 0.2) is 0 Å². The van der Waals surface area contributed by atoms with E-state index in [1.165, 1.54) is 22.0 Å². The van der Waals surface area contributed by atoms with Crippen molar-refractivity contribution in [2.45, 2.75) is 32.7 Å². The summed E-state index contributed by atoms with van der Waals surface area (Å²) in [5.74, 6) is 1.45. The first-order valence-corrected chi connectivity index (χ1v) is 10.9.